The van der Waals surface area contributed by atoms with Crippen molar-refractivity contribution in [1.82, 2.24) is 58.1 Å². The lowest BCUT2D eigenvalue weighted by atomic mass is 9.81. The van der Waals surface area contributed by atoms with Crippen molar-refractivity contribution in [3.8, 4) is 113 Å². The summed E-state index contributed by atoms with van der Waals surface area (Å²) in [7, 11) is -1.34. The number of H-pyrrole nitrogens is 2. The van der Waals surface area contributed by atoms with E-state index in [4.69, 9.17) is 36.6 Å². The largest absolute Gasteiger partial charge is 0.488 e. The van der Waals surface area contributed by atoms with Gasteiger partial charge < -0.3 is 38.3 Å². The predicted octanol–water partition coefficient (Wildman–Crippen LogP) is 29.4. The Labute approximate surface area is 803 Å². The highest BCUT2D eigenvalue weighted by atomic mass is 79.9. The van der Waals surface area contributed by atoms with Crippen LogP contribution in [0.1, 0.15) is 0 Å². The van der Waals surface area contributed by atoms with Crippen molar-refractivity contribution < 1.29 is 10.0 Å². The number of nitrogens with zero attached hydrogens (tertiary/aromatic N) is 10. The maximum atomic E-state index is 8.58. The Kier molecular flexibility index (Phi) is 23.7. The summed E-state index contributed by atoms with van der Waals surface area (Å²) in [6, 6.07) is 157. The molecule has 8 aromatic heterocycles. The monoisotopic (exact) mass is 1850 g/mol. The van der Waals surface area contributed by atoms with Crippen LogP contribution in [0.3, 0.4) is 0 Å². The lowest BCUT2D eigenvalue weighted by Crippen LogP contribution is -2.29. The molecule has 0 bridgehead atoms. The molecule has 18 aromatic carbocycles. The molecule has 0 saturated carbocycles. The number of aromatic amines is 2. The fourth-order valence-electron chi connectivity index (χ4n) is 18.1. The number of para-hydroxylation sites is 3. The van der Waals surface area contributed by atoms with Crippen LogP contribution in [0, 0.1) is 0 Å². The van der Waals surface area contributed by atoms with Crippen molar-refractivity contribution in [3.05, 3.63) is 489 Å². The molecule has 8 heterocycles. The smallest absolute Gasteiger partial charge is 0.423 e. The molecule has 0 saturated heterocycles. The zero-order chi connectivity index (χ0) is 92.1. The Bertz CT molecular complexity index is 8700. The Morgan fingerprint density at radius 1 is 0.234 bits per heavy atom. The van der Waals surface area contributed by atoms with Crippen LogP contribution in [0.4, 0.5) is 0 Å². The minimum atomic E-state index is -1.34. The van der Waals surface area contributed by atoms with Gasteiger partial charge in [0.05, 0.1) is 38.6 Å². The second-order valence-electron chi connectivity index (χ2n) is 33.2. The van der Waals surface area contributed by atoms with Crippen molar-refractivity contribution in [1.29, 1.82) is 0 Å². The molecule has 0 aliphatic heterocycles. The lowest BCUT2D eigenvalue weighted by Gasteiger charge is -2.12. The molecule has 26 aromatic rings. The van der Waals surface area contributed by atoms with Crippen molar-refractivity contribution >= 4 is 138 Å². The maximum absolute atomic E-state index is 8.58. The topological polar surface area (TPSA) is 169 Å². The molecular weight excluding hydrogens is 1770 g/mol. The van der Waals surface area contributed by atoms with Crippen LogP contribution in [0.2, 0.25) is 5.02 Å². The normalized spacial score (nSPS) is 11.2. The quantitative estimate of drug-likeness (QED) is 0.0827. The average Bonchev–Trinajstić information content (AvgIpc) is 1.53. The molecule has 0 radical (unpaired) electrons. The van der Waals surface area contributed by atoms with Gasteiger partial charge in [0.25, 0.3) is 0 Å². The molecular formula is C120H83BBrClN12O2. The van der Waals surface area contributed by atoms with Crippen LogP contribution >= 0.6 is 27.5 Å². The molecule has 0 amide bonds. The van der Waals surface area contributed by atoms with Gasteiger partial charge in [0.1, 0.15) is 0 Å². The Hall–Kier alpha value is -17.2. The summed E-state index contributed by atoms with van der Waals surface area (Å²) in [4.78, 5) is 36.2. The maximum Gasteiger partial charge on any atom is 0.488 e. The molecule has 4 N–H and O–H groups in total. The third-order valence-electron chi connectivity index (χ3n) is 24.7. The standard InChI is InChI=1S/C47H31N5.C26H18N2.C21H14ClN3.C20H13BrN2.C6H7BO2/c1-5-14-32(15-6-1)35-24-26-43-41(31-35)39-25-27-42-40(28-29-51(42)37-21-11-4-12-22-37)44(39)52(43)38-23-13-20-36(30-38)47-49-45(33-16-7-2-8-17-33)48-46(50-47)34-18-9-3-10-19-34;1-3-7-18(8-4-1)19-11-13-24-23(17-19)21-12-14-25-22(26(21)27-24)15-16-28(25)20-9-5-2-6-10-20;22-18-13-7-12-17(14-18)21-24-19(15-8-3-1-4-9-15)23-20(25-21)16-10-5-2-6-11-16;21-13-6-8-18-17(12-13)15-7-9-19-16(20(15)22-18)10-11-23(19)14-4-2-1-3-5-14;8-7(9)6-4-2-1-3-5-6/h1-31H;1-17,27H;1-14H;1-12,22H;1-5,8-9H. The van der Waals surface area contributed by atoms with Gasteiger partial charge in [0.15, 0.2) is 34.9 Å². The molecule has 0 spiro atoms. The third-order valence-corrected chi connectivity index (χ3v) is 25.4. The number of rotatable bonds is 13. The van der Waals surface area contributed by atoms with Crippen molar-refractivity contribution in [3.63, 3.8) is 0 Å². The molecule has 14 nitrogen and oxygen atoms in total. The first-order chi connectivity index (χ1) is 67.6. The van der Waals surface area contributed by atoms with Gasteiger partial charge in [0, 0.05) is 144 Å². The summed E-state index contributed by atoms with van der Waals surface area (Å²) in [5.41, 5.74) is 26.1. The second-order valence-corrected chi connectivity index (χ2v) is 34.6. The van der Waals surface area contributed by atoms with Gasteiger partial charge in [-0.2, -0.15) is 0 Å². The van der Waals surface area contributed by atoms with Crippen LogP contribution in [0.25, 0.3) is 211 Å². The van der Waals surface area contributed by atoms with E-state index in [1.54, 1.807) is 24.3 Å². The summed E-state index contributed by atoms with van der Waals surface area (Å²) < 4.78 is 10.3. The lowest BCUT2D eigenvalue weighted by molar-refractivity contribution is 0.426. The minimum absolute atomic E-state index is 0.525. The Balaban J connectivity index is 0.000000108. The summed E-state index contributed by atoms with van der Waals surface area (Å²) in [5, 5.41) is 29.0. The zero-order valence-corrected chi connectivity index (χ0v) is 76.2. The van der Waals surface area contributed by atoms with E-state index in [0.717, 1.165) is 65.8 Å². The molecule has 0 unspecified atom stereocenters. The number of benzene rings is 18. The van der Waals surface area contributed by atoms with Crippen molar-refractivity contribution in [2.45, 2.75) is 0 Å². The van der Waals surface area contributed by atoms with E-state index in [9.17, 15) is 0 Å². The Morgan fingerprint density at radius 3 is 0.971 bits per heavy atom. The van der Waals surface area contributed by atoms with Gasteiger partial charge >= 0.3 is 7.12 Å². The predicted molar refractivity (Wildman–Crippen MR) is 569 cm³/mol. The van der Waals surface area contributed by atoms with E-state index in [2.05, 4.69) is 357 Å². The van der Waals surface area contributed by atoms with E-state index in [-0.39, 0.29) is 0 Å². The Morgan fingerprint density at radius 2 is 0.555 bits per heavy atom. The van der Waals surface area contributed by atoms with Gasteiger partial charge in [-0.3, -0.25) is 0 Å². The highest BCUT2D eigenvalue weighted by molar-refractivity contribution is 9.10. The summed E-state index contributed by atoms with van der Waals surface area (Å²) in [6.07, 6.45) is 6.47. The molecule has 0 fully saturated rings. The second kappa shape index (κ2) is 38.2. The molecule has 17 heteroatoms. The molecule has 0 atom stereocenters. The van der Waals surface area contributed by atoms with Gasteiger partial charge in [-0.1, -0.05) is 349 Å². The number of hydrogen-bond donors (Lipinski definition) is 4. The highest BCUT2D eigenvalue weighted by Gasteiger charge is 2.23. The van der Waals surface area contributed by atoms with E-state index >= 15 is 0 Å². The van der Waals surface area contributed by atoms with Gasteiger partial charge in [-0.15, -0.1) is 0 Å². The van der Waals surface area contributed by atoms with Crippen molar-refractivity contribution in [2.75, 3.05) is 0 Å². The minimum Gasteiger partial charge on any atom is -0.423 e. The first-order valence-electron chi connectivity index (χ1n) is 45.2. The summed E-state index contributed by atoms with van der Waals surface area (Å²) >= 11 is 9.71. The van der Waals surface area contributed by atoms with Crippen LogP contribution in [-0.4, -0.2) is 75.3 Å². The van der Waals surface area contributed by atoms with E-state index in [1.807, 2.05) is 158 Å². The fraction of sp³-hybridized carbons (Fsp3) is 0. The fourth-order valence-corrected chi connectivity index (χ4v) is 18.7. The number of aromatic nitrogens is 12. The molecule has 0 aliphatic carbocycles. The highest BCUT2D eigenvalue weighted by Crippen LogP contribution is 2.43. The van der Waals surface area contributed by atoms with E-state index < -0.39 is 7.12 Å². The SMILES string of the molecule is Brc1ccc2[nH]c3c(ccc4c3ccn4-c3ccccc3)c2c1.Clc1cccc(-c2nc(-c3ccccc3)nc(-c3ccccc3)n2)c1.OB(O)c1ccccc1.c1ccc(-c2ccc3[nH]c4c(ccc5c4ccn5-c4ccccc4)c3c2)cc1.c1ccc(-c2ccc3c(c2)c2ccc4c(ccn4-c4ccccc4)c2n3-c2cccc(-c3nc(-c4ccccc4)nc(-c4ccccc4)n3)c2)cc1. The molecule has 26 rings (SSSR count). The van der Waals surface area contributed by atoms with Gasteiger partial charge in [-0.05, 0) is 167 Å². The summed E-state index contributed by atoms with van der Waals surface area (Å²) in [6.45, 7) is 0. The van der Waals surface area contributed by atoms with E-state index in [0.29, 0.717) is 45.4 Å². The van der Waals surface area contributed by atoms with Crippen LogP contribution in [-0.2, 0) is 0 Å². The molecule has 652 valence electrons. The molecule has 137 heavy (non-hydrogen) atoms. The third kappa shape index (κ3) is 17.5. The van der Waals surface area contributed by atoms with Gasteiger partial charge in [0.2, 0.25) is 0 Å². The number of fused-ring (bicyclic) bond motifs is 15. The van der Waals surface area contributed by atoms with Crippen LogP contribution in [0.5, 0.6) is 0 Å². The number of halogens is 2. The summed E-state index contributed by atoms with van der Waals surface area (Å²) in [5.74, 6) is 3.80. The van der Waals surface area contributed by atoms with Crippen molar-refractivity contribution in [2.24, 2.45) is 0 Å². The van der Waals surface area contributed by atoms with Crippen LogP contribution < -0.4 is 5.46 Å². The first-order valence-corrected chi connectivity index (χ1v) is 46.4. The first kappa shape index (κ1) is 85.2. The van der Waals surface area contributed by atoms with Crippen LogP contribution in [0.15, 0.2) is 484 Å². The average molecular weight is 1850 g/mol. The molecule has 0 aliphatic rings. The van der Waals surface area contributed by atoms with Gasteiger partial charge in [-0.25, -0.2) is 29.9 Å². The van der Waals surface area contributed by atoms with E-state index in [1.165, 1.54) is 115 Å². The number of nitrogens with one attached hydrogen (secondary N) is 2. The number of hydrogen-bond acceptors (Lipinski definition) is 8. The zero-order valence-electron chi connectivity index (χ0n) is 73.8.